The lowest BCUT2D eigenvalue weighted by molar-refractivity contribution is 0.565. The van der Waals surface area contributed by atoms with Crippen molar-refractivity contribution >= 4 is 34.6 Å². The first-order valence-corrected chi connectivity index (χ1v) is 12.7. The van der Waals surface area contributed by atoms with Crippen LogP contribution < -0.4 is 10.2 Å². The highest BCUT2D eigenvalue weighted by molar-refractivity contribution is 7.80. The zero-order chi connectivity index (χ0) is 24.7. The Bertz CT molecular complexity index is 1360. The van der Waals surface area contributed by atoms with E-state index in [9.17, 15) is 0 Å². The number of benzene rings is 2. The molecule has 1 fully saturated rings. The van der Waals surface area contributed by atoms with E-state index >= 15 is 0 Å². The van der Waals surface area contributed by atoms with Crippen LogP contribution in [0.25, 0.3) is 5.69 Å². The number of hydrogen-bond donors (Lipinski definition) is 1. The number of nitrogens with one attached hydrogen (secondary N) is 1. The van der Waals surface area contributed by atoms with E-state index < -0.39 is 0 Å². The standard InChI is InChI=1S/C29H29ClN4S/c1-18(2)21-11-13-23(14-12-21)34-28(27(32-29(34)35)26-10-5-6-15-31-26)25-16-19(3)33(20(25)4)24-9-7-8-22(30)17-24/h5-18,27-28H,1-4H3,(H,32,35)/t27-,28-/m1/s1. The summed E-state index contributed by atoms with van der Waals surface area (Å²) in [7, 11) is 0. The van der Waals surface area contributed by atoms with Gasteiger partial charge in [0.15, 0.2) is 5.11 Å². The molecular weight excluding hydrogens is 472 g/mol. The molecule has 0 aliphatic carbocycles. The van der Waals surface area contributed by atoms with E-state index in [2.05, 4.69) is 84.9 Å². The summed E-state index contributed by atoms with van der Waals surface area (Å²) in [6.07, 6.45) is 1.84. The lowest BCUT2D eigenvalue weighted by atomic mass is 9.96. The van der Waals surface area contributed by atoms with Gasteiger partial charge >= 0.3 is 0 Å². The van der Waals surface area contributed by atoms with Crippen molar-refractivity contribution in [2.24, 2.45) is 0 Å². The maximum atomic E-state index is 6.34. The lowest BCUT2D eigenvalue weighted by Crippen LogP contribution is -2.29. The highest BCUT2D eigenvalue weighted by Gasteiger charge is 2.42. The van der Waals surface area contributed by atoms with Crippen molar-refractivity contribution in [2.75, 3.05) is 4.90 Å². The Morgan fingerprint density at radius 2 is 1.71 bits per heavy atom. The number of nitrogens with zero attached hydrogens (tertiary/aromatic N) is 3. The second-order valence-corrected chi connectivity index (χ2v) is 10.2. The highest BCUT2D eigenvalue weighted by atomic mass is 35.5. The van der Waals surface area contributed by atoms with E-state index in [1.165, 1.54) is 11.1 Å². The minimum Gasteiger partial charge on any atom is -0.351 e. The van der Waals surface area contributed by atoms with Crippen molar-refractivity contribution in [3.8, 4) is 5.69 Å². The summed E-state index contributed by atoms with van der Waals surface area (Å²) in [5, 5.41) is 5.00. The number of anilines is 1. The van der Waals surface area contributed by atoms with Crippen LogP contribution in [0.1, 0.15) is 60.1 Å². The summed E-state index contributed by atoms with van der Waals surface area (Å²) in [6.45, 7) is 8.72. The van der Waals surface area contributed by atoms with E-state index in [0.29, 0.717) is 11.0 Å². The zero-order valence-electron chi connectivity index (χ0n) is 20.4. The van der Waals surface area contributed by atoms with Gasteiger partial charge in [-0.05, 0) is 91.6 Å². The fraction of sp³-hybridized carbons (Fsp3) is 0.241. The van der Waals surface area contributed by atoms with Gasteiger partial charge in [-0.2, -0.15) is 0 Å². The number of pyridine rings is 1. The van der Waals surface area contributed by atoms with Crippen molar-refractivity contribution in [3.63, 3.8) is 0 Å². The Morgan fingerprint density at radius 1 is 0.943 bits per heavy atom. The molecule has 1 aliphatic rings. The minimum atomic E-state index is -0.0817. The molecule has 0 spiro atoms. The Kier molecular flexibility index (Phi) is 6.39. The largest absolute Gasteiger partial charge is 0.351 e. The number of aryl methyl sites for hydroxylation is 1. The summed E-state index contributed by atoms with van der Waals surface area (Å²) >= 11 is 12.3. The maximum absolute atomic E-state index is 6.34. The molecule has 4 nitrogen and oxygen atoms in total. The van der Waals surface area contributed by atoms with Gasteiger partial charge in [-0.3, -0.25) is 4.98 Å². The first-order valence-electron chi connectivity index (χ1n) is 11.9. The molecule has 2 aromatic heterocycles. The number of rotatable bonds is 5. The van der Waals surface area contributed by atoms with E-state index in [1.807, 2.05) is 36.5 Å². The van der Waals surface area contributed by atoms with E-state index in [0.717, 1.165) is 33.5 Å². The van der Waals surface area contributed by atoms with Gasteiger partial charge in [-0.15, -0.1) is 0 Å². The molecule has 5 rings (SSSR count). The average Bonchev–Trinajstić information content (AvgIpc) is 3.34. The van der Waals surface area contributed by atoms with Gasteiger partial charge in [0.25, 0.3) is 0 Å². The predicted molar refractivity (Wildman–Crippen MR) is 149 cm³/mol. The van der Waals surface area contributed by atoms with Crippen molar-refractivity contribution in [3.05, 3.63) is 112 Å². The minimum absolute atomic E-state index is 0.0542. The molecule has 1 N–H and O–H groups in total. The molecule has 1 aliphatic heterocycles. The number of thiocarbonyl (C=S) groups is 1. The normalized spacial score (nSPS) is 17.8. The molecule has 0 radical (unpaired) electrons. The van der Waals surface area contributed by atoms with Gasteiger partial charge in [0, 0.05) is 34.0 Å². The maximum Gasteiger partial charge on any atom is 0.174 e. The van der Waals surface area contributed by atoms with Crippen molar-refractivity contribution < 1.29 is 0 Å². The molecule has 2 aromatic carbocycles. The molecular formula is C29H29ClN4S. The Morgan fingerprint density at radius 3 is 2.37 bits per heavy atom. The number of hydrogen-bond acceptors (Lipinski definition) is 2. The lowest BCUT2D eigenvalue weighted by Gasteiger charge is -2.28. The van der Waals surface area contributed by atoms with Crippen LogP contribution in [0.3, 0.4) is 0 Å². The second kappa shape index (κ2) is 9.48. The fourth-order valence-corrected chi connectivity index (χ4v) is 5.60. The van der Waals surface area contributed by atoms with Gasteiger partial charge in [-0.25, -0.2) is 0 Å². The summed E-state index contributed by atoms with van der Waals surface area (Å²) in [4.78, 5) is 6.93. The molecule has 4 aromatic rings. The zero-order valence-corrected chi connectivity index (χ0v) is 21.9. The van der Waals surface area contributed by atoms with Gasteiger partial charge in [-0.1, -0.05) is 49.7 Å². The molecule has 1 saturated heterocycles. The van der Waals surface area contributed by atoms with Crippen LogP contribution in [0.5, 0.6) is 0 Å². The molecule has 3 heterocycles. The third-order valence-electron chi connectivity index (χ3n) is 6.79. The van der Waals surface area contributed by atoms with Crippen LogP contribution in [-0.2, 0) is 0 Å². The van der Waals surface area contributed by atoms with Gasteiger partial charge in [0.1, 0.15) is 0 Å². The van der Waals surface area contributed by atoms with Crippen LogP contribution in [0.2, 0.25) is 5.02 Å². The monoisotopic (exact) mass is 500 g/mol. The predicted octanol–water partition coefficient (Wildman–Crippen LogP) is 7.44. The van der Waals surface area contributed by atoms with Crippen molar-refractivity contribution in [2.45, 2.75) is 45.7 Å². The van der Waals surface area contributed by atoms with Crippen LogP contribution in [0.15, 0.2) is 79.0 Å². The number of aromatic nitrogens is 2. The Balaban J connectivity index is 1.66. The molecule has 0 unspecified atom stereocenters. The van der Waals surface area contributed by atoms with E-state index in [1.54, 1.807) is 0 Å². The molecule has 0 amide bonds. The molecule has 35 heavy (non-hydrogen) atoms. The Hall–Kier alpha value is -3.15. The topological polar surface area (TPSA) is 33.1 Å². The van der Waals surface area contributed by atoms with Crippen LogP contribution >= 0.6 is 23.8 Å². The van der Waals surface area contributed by atoms with Crippen molar-refractivity contribution in [1.82, 2.24) is 14.9 Å². The smallest absolute Gasteiger partial charge is 0.174 e. The Labute approximate surface area is 217 Å². The third-order valence-corrected chi connectivity index (χ3v) is 7.34. The van der Waals surface area contributed by atoms with E-state index in [-0.39, 0.29) is 12.1 Å². The first-order chi connectivity index (χ1) is 16.8. The van der Waals surface area contributed by atoms with Gasteiger partial charge in [0.05, 0.1) is 17.8 Å². The molecule has 0 bridgehead atoms. The number of halogens is 1. The second-order valence-electron chi connectivity index (χ2n) is 9.38. The van der Waals surface area contributed by atoms with Crippen molar-refractivity contribution in [1.29, 1.82) is 0 Å². The van der Waals surface area contributed by atoms with Crippen LogP contribution in [0, 0.1) is 13.8 Å². The van der Waals surface area contributed by atoms with E-state index in [4.69, 9.17) is 28.8 Å². The van der Waals surface area contributed by atoms with Crippen LogP contribution in [0.4, 0.5) is 5.69 Å². The molecule has 178 valence electrons. The summed E-state index contributed by atoms with van der Waals surface area (Å²) < 4.78 is 2.26. The van der Waals surface area contributed by atoms with Crippen LogP contribution in [-0.4, -0.2) is 14.7 Å². The first kappa shape index (κ1) is 23.6. The molecule has 0 saturated carbocycles. The quantitative estimate of drug-likeness (QED) is 0.288. The summed E-state index contributed by atoms with van der Waals surface area (Å²) in [5.74, 6) is 0.474. The molecule has 2 atom stereocenters. The third kappa shape index (κ3) is 4.35. The van der Waals surface area contributed by atoms with Gasteiger partial charge in [0.2, 0.25) is 0 Å². The summed E-state index contributed by atoms with van der Waals surface area (Å²) in [5.41, 5.74) is 7.91. The average molecular weight is 501 g/mol. The SMILES string of the molecule is Cc1cc([C@@H]2[C@@H](c3ccccn3)NC(=S)N2c2ccc(C(C)C)cc2)c(C)n1-c1cccc(Cl)c1. The van der Waals surface area contributed by atoms with Gasteiger partial charge < -0.3 is 14.8 Å². The molecule has 6 heteroatoms. The summed E-state index contributed by atoms with van der Waals surface area (Å²) in [6, 6.07) is 24.9. The highest BCUT2D eigenvalue weighted by Crippen LogP contribution is 2.44. The fourth-order valence-electron chi connectivity index (χ4n) is 5.07.